The average Bonchev–Trinajstić information content (AvgIpc) is 3.21. The Morgan fingerprint density at radius 2 is 1.93 bits per heavy atom. The van der Waals surface area contributed by atoms with Crippen molar-refractivity contribution >= 4 is 46.6 Å². The number of carbonyl (C=O) groups is 3. The Balaban J connectivity index is 1.92. The molecule has 3 rings (SSSR count). The van der Waals surface area contributed by atoms with Crippen molar-refractivity contribution in [1.82, 2.24) is 19.5 Å². The van der Waals surface area contributed by atoms with Crippen LogP contribution in [0.25, 0.3) is 11.2 Å². The molecule has 2 aromatic heterocycles. The van der Waals surface area contributed by atoms with Crippen LogP contribution >= 0.6 is 11.6 Å². The van der Waals surface area contributed by atoms with Crippen LogP contribution in [-0.2, 0) is 28.6 Å². The lowest BCUT2D eigenvalue weighted by Gasteiger charge is -2.27. The standard InChI is InChI=1S/C18H22ClN5O6/c1-8(25)28-6-14(30-10(3)27)12-4-11(5-13(12)29-9(2)26)24-7-21-15-16(19)22-18(20)23-17(15)24/h7,11-14H,4-6H2,1-3H3,(H2,20,22,23)/t11-,12+,13+,14?/m1/s1. The van der Waals surface area contributed by atoms with E-state index in [-0.39, 0.29) is 23.8 Å². The third-order valence-corrected chi connectivity index (χ3v) is 5.14. The van der Waals surface area contributed by atoms with Crippen LogP contribution in [-0.4, -0.2) is 56.2 Å². The summed E-state index contributed by atoms with van der Waals surface area (Å²) >= 11 is 6.10. The lowest BCUT2D eigenvalue weighted by atomic mass is 9.98. The second kappa shape index (κ2) is 8.82. The minimum atomic E-state index is -0.779. The Labute approximate surface area is 176 Å². The Morgan fingerprint density at radius 1 is 1.20 bits per heavy atom. The molecule has 1 aliphatic rings. The van der Waals surface area contributed by atoms with Gasteiger partial charge in [0.15, 0.2) is 10.8 Å². The molecule has 0 aromatic carbocycles. The molecule has 4 atom stereocenters. The Bertz CT molecular complexity index is 979. The van der Waals surface area contributed by atoms with E-state index in [0.717, 1.165) is 0 Å². The van der Waals surface area contributed by atoms with Crippen LogP contribution in [0.5, 0.6) is 0 Å². The van der Waals surface area contributed by atoms with Gasteiger partial charge in [-0.2, -0.15) is 9.97 Å². The fourth-order valence-electron chi connectivity index (χ4n) is 3.79. The first kappa shape index (κ1) is 21.8. The van der Waals surface area contributed by atoms with Gasteiger partial charge in [0.05, 0.1) is 6.33 Å². The first-order valence-electron chi connectivity index (χ1n) is 9.29. The number of rotatable bonds is 6. The summed E-state index contributed by atoms with van der Waals surface area (Å²) in [5.74, 6) is -1.90. The van der Waals surface area contributed by atoms with Crippen molar-refractivity contribution in [2.75, 3.05) is 12.3 Å². The van der Waals surface area contributed by atoms with Gasteiger partial charge in [-0.1, -0.05) is 11.6 Å². The van der Waals surface area contributed by atoms with Crippen LogP contribution in [0.3, 0.4) is 0 Å². The van der Waals surface area contributed by atoms with Gasteiger partial charge in [-0.05, 0) is 6.42 Å². The van der Waals surface area contributed by atoms with E-state index in [4.69, 9.17) is 31.5 Å². The number of ether oxygens (including phenoxy) is 3. The number of nitrogen functional groups attached to an aromatic ring is 1. The van der Waals surface area contributed by atoms with Gasteiger partial charge in [0.1, 0.15) is 24.3 Å². The maximum atomic E-state index is 11.7. The monoisotopic (exact) mass is 439 g/mol. The van der Waals surface area contributed by atoms with Gasteiger partial charge in [0.25, 0.3) is 0 Å². The minimum absolute atomic E-state index is 0.00739. The van der Waals surface area contributed by atoms with Gasteiger partial charge in [0.2, 0.25) is 5.95 Å². The summed E-state index contributed by atoms with van der Waals surface area (Å²) in [6, 6.07) is -0.204. The summed E-state index contributed by atoms with van der Waals surface area (Å²) in [4.78, 5) is 46.9. The van der Waals surface area contributed by atoms with Crippen LogP contribution < -0.4 is 5.73 Å². The molecule has 1 fully saturated rings. The van der Waals surface area contributed by atoms with Crippen LogP contribution in [0, 0.1) is 5.92 Å². The van der Waals surface area contributed by atoms with E-state index in [1.165, 1.54) is 20.8 Å². The molecular formula is C18H22ClN5O6. The van der Waals surface area contributed by atoms with Crippen molar-refractivity contribution in [1.29, 1.82) is 0 Å². The molecule has 0 saturated heterocycles. The highest BCUT2D eigenvalue weighted by atomic mass is 35.5. The van der Waals surface area contributed by atoms with Crippen LogP contribution in [0.4, 0.5) is 5.95 Å². The fourth-order valence-corrected chi connectivity index (χ4v) is 4.01. The van der Waals surface area contributed by atoms with Gasteiger partial charge in [0, 0.05) is 39.2 Å². The van der Waals surface area contributed by atoms with Gasteiger partial charge in [-0.25, -0.2) is 4.98 Å². The zero-order valence-corrected chi connectivity index (χ0v) is 17.5. The molecule has 2 aromatic rings. The summed E-state index contributed by atoms with van der Waals surface area (Å²) in [5.41, 5.74) is 6.57. The zero-order chi connectivity index (χ0) is 22.0. The van der Waals surface area contributed by atoms with Crippen molar-refractivity contribution in [2.24, 2.45) is 5.92 Å². The molecular weight excluding hydrogens is 418 g/mol. The molecule has 1 saturated carbocycles. The first-order valence-corrected chi connectivity index (χ1v) is 9.66. The molecule has 0 amide bonds. The van der Waals surface area contributed by atoms with E-state index < -0.39 is 36.0 Å². The largest absolute Gasteiger partial charge is 0.462 e. The zero-order valence-electron chi connectivity index (χ0n) is 16.7. The molecule has 162 valence electrons. The number of fused-ring (bicyclic) bond motifs is 1. The summed E-state index contributed by atoms with van der Waals surface area (Å²) in [6.07, 6.45) is 1.08. The summed E-state index contributed by atoms with van der Waals surface area (Å²) in [7, 11) is 0. The van der Waals surface area contributed by atoms with Crippen molar-refractivity contribution in [3.8, 4) is 0 Å². The number of anilines is 1. The lowest BCUT2D eigenvalue weighted by Crippen LogP contribution is -2.37. The predicted octanol–water partition coefficient (Wildman–Crippen LogP) is 1.44. The molecule has 1 unspecified atom stereocenters. The number of nitrogens with zero attached hydrogens (tertiary/aromatic N) is 4. The number of halogens is 1. The second-order valence-electron chi connectivity index (χ2n) is 7.08. The molecule has 11 nitrogen and oxygen atoms in total. The van der Waals surface area contributed by atoms with Crippen LogP contribution in [0.2, 0.25) is 5.15 Å². The molecule has 30 heavy (non-hydrogen) atoms. The fraction of sp³-hybridized carbons (Fsp3) is 0.556. The quantitative estimate of drug-likeness (QED) is 0.398. The second-order valence-corrected chi connectivity index (χ2v) is 7.44. The maximum Gasteiger partial charge on any atom is 0.303 e. The number of esters is 3. The van der Waals surface area contributed by atoms with E-state index >= 15 is 0 Å². The van der Waals surface area contributed by atoms with Gasteiger partial charge in [-0.3, -0.25) is 14.4 Å². The molecule has 2 N–H and O–H groups in total. The molecule has 12 heteroatoms. The SMILES string of the molecule is CC(=O)OCC(OC(C)=O)[C@H]1C[C@@H](n2cnc3c(Cl)nc(N)nc32)C[C@@H]1OC(C)=O. The van der Waals surface area contributed by atoms with E-state index in [2.05, 4.69) is 15.0 Å². The highest BCUT2D eigenvalue weighted by Crippen LogP contribution is 2.41. The van der Waals surface area contributed by atoms with Crippen LogP contribution in [0.15, 0.2) is 6.33 Å². The summed E-state index contributed by atoms with van der Waals surface area (Å²) < 4.78 is 17.7. The number of hydrogen-bond acceptors (Lipinski definition) is 10. The lowest BCUT2D eigenvalue weighted by molar-refractivity contribution is -0.166. The molecule has 0 spiro atoms. The molecule has 0 radical (unpaired) electrons. The van der Waals surface area contributed by atoms with Gasteiger partial charge >= 0.3 is 17.9 Å². The Morgan fingerprint density at radius 3 is 2.57 bits per heavy atom. The normalized spacial score (nSPS) is 21.9. The topological polar surface area (TPSA) is 149 Å². The van der Waals surface area contributed by atoms with Crippen molar-refractivity contribution in [2.45, 2.75) is 51.9 Å². The number of hydrogen-bond donors (Lipinski definition) is 1. The highest BCUT2D eigenvalue weighted by Gasteiger charge is 2.44. The number of nitrogens with two attached hydrogens (primary N) is 1. The van der Waals surface area contributed by atoms with Crippen molar-refractivity contribution < 1.29 is 28.6 Å². The summed E-state index contributed by atoms with van der Waals surface area (Å²) in [6.45, 7) is 3.68. The smallest absolute Gasteiger partial charge is 0.303 e. The highest BCUT2D eigenvalue weighted by molar-refractivity contribution is 6.33. The minimum Gasteiger partial charge on any atom is -0.462 e. The van der Waals surface area contributed by atoms with Crippen molar-refractivity contribution in [3.05, 3.63) is 11.5 Å². The predicted molar refractivity (Wildman–Crippen MR) is 104 cm³/mol. The van der Waals surface area contributed by atoms with Crippen LogP contribution in [0.1, 0.15) is 39.7 Å². The van der Waals surface area contributed by atoms with E-state index in [1.807, 2.05) is 0 Å². The Hall–Kier alpha value is -2.95. The molecule has 1 aliphatic carbocycles. The molecule has 0 aliphatic heterocycles. The average molecular weight is 440 g/mol. The Kier molecular flexibility index (Phi) is 6.40. The van der Waals surface area contributed by atoms with Crippen molar-refractivity contribution in [3.63, 3.8) is 0 Å². The van der Waals surface area contributed by atoms with E-state index in [9.17, 15) is 14.4 Å². The number of imidazole rings is 1. The van der Waals surface area contributed by atoms with Gasteiger partial charge in [-0.15, -0.1) is 0 Å². The van der Waals surface area contributed by atoms with E-state index in [1.54, 1.807) is 10.9 Å². The first-order chi connectivity index (χ1) is 14.2. The molecule has 0 bridgehead atoms. The third kappa shape index (κ3) is 4.78. The van der Waals surface area contributed by atoms with E-state index in [0.29, 0.717) is 24.0 Å². The molecule has 2 heterocycles. The maximum absolute atomic E-state index is 11.7. The third-order valence-electron chi connectivity index (χ3n) is 4.88. The number of aromatic nitrogens is 4. The number of carbonyl (C=O) groups excluding carboxylic acids is 3. The van der Waals surface area contributed by atoms with Gasteiger partial charge < -0.3 is 24.5 Å². The summed E-state index contributed by atoms with van der Waals surface area (Å²) in [5, 5.41) is 0.134.